The lowest BCUT2D eigenvalue weighted by Gasteiger charge is -2.23. The van der Waals surface area contributed by atoms with Crippen molar-refractivity contribution >= 4 is 11.9 Å². The van der Waals surface area contributed by atoms with E-state index in [2.05, 4.69) is 20.8 Å². The van der Waals surface area contributed by atoms with Gasteiger partial charge in [-0.15, -0.1) is 0 Å². The molecule has 1 aromatic rings. The van der Waals surface area contributed by atoms with Crippen molar-refractivity contribution < 1.29 is 19.1 Å². The van der Waals surface area contributed by atoms with Crippen molar-refractivity contribution in [1.82, 2.24) is 0 Å². The highest BCUT2D eigenvalue weighted by molar-refractivity contribution is 5.93. The lowest BCUT2D eigenvalue weighted by atomic mass is 9.87. The number of hydrogen-bond donors (Lipinski definition) is 0. The third kappa shape index (κ3) is 6.34. The summed E-state index contributed by atoms with van der Waals surface area (Å²) in [7, 11) is 0. The average Bonchev–Trinajstić information content (AvgIpc) is 2.54. The van der Waals surface area contributed by atoms with Gasteiger partial charge in [0.2, 0.25) is 0 Å². The second kappa shape index (κ2) is 8.32. The molecule has 4 nitrogen and oxygen atoms in total. The number of ether oxygens (including phenoxy) is 2. The number of benzene rings is 1. The van der Waals surface area contributed by atoms with E-state index in [0.717, 1.165) is 19.3 Å². The second-order valence-corrected chi connectivity index (χ2v) is 7.48. The maximum atomic E-state index is 12.1. The van der Waals surface area contributed by atoms with E-state index in [1.807, 2.05) is 20.8 Å². The Kier molecular flexibility index (Phi) is 7.00. The molecule has 0 bridgehead atoms. The highest BCUT2D eigenvalue weighted by Gasteiger charge is 2.22. The maximum absolute atomic E-state index is 12.1. The molecule has 0 aliphatic heterocycles. The van der Waals surface area contributed by atoms with Crippen molar-refractivity contribution in [3.63, 3.8) is 0 Å². The van der Waals surface area contributed by atoms with Gasteiger partial charge in [-0.1, -0.05) is 34.1 Å². The molecule has 24 heavy (non-hydrogen) atoms. The highest BCUT2D eigenvalue weighted by Crippen LogP contribution is 2.24. The van der Waals surface area contributed by atoms with Crippen LogP contribution in [0, 0.1) is 5.41 Å². The van der Waals surface area contributed by atoms with Crippen LogP contribution in [-0.2, 0) is 9.47 Å². The third-order valence-corrected chi connectivity index (χ3v) is 4.55. The fraction of sp³-hybridized carbons (Fsp3) is 0.600. The van der Waals surface area contributed by atoms with Gasteiger partial charge in [-0.05, 0) is 56.4 Å². The molecule has 1 aromatic carbocycles. The maximum Gasteiger partial charge on any atom is 0.338 e. The van der Waals surface area contributed by atoms with Gasteiger partial charge in [-0.3, -0.25) is 0 Å². The fourth-order valence-corrected chi connectivity index (χ4v) is 1.80. The first-order chi connectivity index (χ1) is 11.1. The van der Waals surface area contributed by atoms with Gasteiger partial charge in [0.15, 0.2) is 0 Å². The van der Waals surface area contributed by atoms with Crippen LogP contribution in [-0.4, -0.2) is 24.1 Å². The van der Waals surface area contributed by atoms with Crippen molar-refractivity contribution in [1.29, 1.82) is 0 Å². The van der Waals surface area contributed by atoms with E-state index >= 15 is 0 Å². The van der Waals surface area contributed by atoms with Crippen molar-refractivity contribution in [3.05, 3.63) is 35.4 Å². The van der Waals surface area contributed by atoms with Crippen LogP contribution in [0.1, 0.15) is 81.5 Å². The minimum absolute atomic E-state index is 0.167. The summed E-state index contributed by atoms with van der Waals surface area (Å²) in [6.07, 6.45) is 2.60. The zero-order valence-electron chi connectivity index (χ0n) is 15.8. The van der Waals surface area contributed by atoms with E-state index in [4.69, 9.17) is 9.47 Å². The van der Waals surface area contributed by atoms with Crippen LogP contribution < -0.4 is 0 Å². The molecule has 1 rings (SSSR count). The Morgan fingerprint density at radius 2 is 1.38 bits per heavy atom. The van der Waals surface area contributed by atoms with Gasteiger partial charge >= 0.3 is 11.9 Å². The predicted molar refractivity (Wildman–Crippen MR) is 95.2 cm³/mol. The van der Waals surface area contributed by atoms with E-state index < -0.39 is 5.60 Å². The van der Waals surface area contributed by atoms with Gasteiger partial charge in [0, 0.05) is 0 Å². The molecule has 0 aliphatic carbocycles. The van der Waals surface area contributed by atoms with E-state index in [9.17, 15) is 9.59 Å². The van der Waals surface area contributed by atoms with Gasteiger partial charge in [0.25, 0.3) is 0 Å². The monoisotopic (exact) mass is 334 g/mol. The molecule has 0 atom stereocenters. The Bertz CT molecular complexity index is 556. The summed E-state index contributed by atoms with van der Waals surface area (Å²) in [5, 5.41) is 0. The summed E-state index contributed by atoms with van der Waals surface area (Å²) in [6, 6.07) is 6.40. The molecule has 0 N–H and O–H groups in total. The third-order valence-electron chi connectivity index (χ3n) is 4.55. The molecule has 0 amide bonds. The standard InChI is InChI=1S/C20H30O4/c1-7-19(3,4)13-14-23-17(21)15-9-11-16(12-10-15)18(22)24-20(5,6)8-2/h9-12H,7-8,13-14H2,1-6H3. The lowest BCUT2D eigenvalue weighted by Crippen LogP contribution is -2.27. The molecular formula is C20H30O4. The van der Waals surface area contributed by atoms with Gasteiger partial charge in [0.05, 0.1) is 17.7 Å². The van der Waals surface area contributed by atoms with Crippen LogP contribution in [0.15, 0.2) is 24.3 Å². The SMILES string of the molecule is CCC(C)(C)CCOC(=O)c1ccc(C(=O)OC(C)(C)CC)cc1. The second-order valence-electron chi connectivity index (χ2n) is 7.48. The normalized spacial score (nSPS) is 11.9. The average molecular weight is 334 g/mol. The Labute approximate surface area is 145 Å². The molecule has 0 heterocycles. The van der Waals surface area contributed by atoms with E-state index in [1.54, 1.807) is 24.3 Å². The molecule has 0 unspecified atom stereocenters. The Balaban J connectivity index is 2.61. The largest absolute Gasteiger partial charge is 0.462 e. The summed E-state index contributed by atoms with van der Waals surface area (Å²) in [5.41, 5.74) is 0.539. The number of carbonyl (C=O) groups excluding carboxylic acids is 2. The molecule has 0 aromatic heterocycles. The summed E-state index contributed by atoms with van der Waals surface area (Å²) in [5.74, 6) is -0.748. The predicted octanol–water partition coefficient (Wildman–Crippen LogP) is 5.02. The first-order valence-corrected chi connectivity index (χ1v) is 8.61. The van der Waals surface area contributed by atoms with Crippen LogP contribution in [0.2, 0.25) is 0 Å². The van der Waals surface area contributed by atoms with Crippen molar-refractivity contribution in [2.45, 2.75) is 66.4 Å². The minimum atomic E-state index is -0.499. The Morgan fingerprint density at radius 1 is 0.875 bits per heavy atom. The molecule has 0 saturated carbocycles. The summed E-state index contributed by atoms with van der Waals surface area (Å²) in [4.78, 5) is 24.1. The topological polar surface area (TPSA) is 52.6 Å². The fourth-order valence-electron chi connectivity index (χ4n) is 1.80. The Morgan fingerprint density at radius 3 is 1.83 bits per heavy atom. The van der Waals surface area contributed by atoms with Crippen LogP contribution in [0.5, 0.6) is 0 Å². The van der Waals surface area contributed by atoms with E-state index in [1.165, 1.54) is 0 Å². The molecule has 4 heteroatoms. The first-order valence-electron chi connectivity index (χ1n) is 8.61. The van der Waals surface area contributed by atoms with Gasteiger partial charge in [-0.2, -0.15) is 0 Å². The quantitative estimate of drug-likeness (QED) is 0.627. The van der Waals surface area contributed by atoms with Crippen molar-refractivity contribution in [3.8, 4) is 0 Å². The molecule has 0 aliphatic rings. The smallest absolute Gasteiger partial charge is 0.338 e. The number of rotatable bonds is 8. The van der Waals surface area contributed by atoms with Crippen LogP contribution in [0.3, 0.4) is 0 Å². The van der Waals surface area contributed by atoms with Gasteiger partial charge < -0.3 is 9.47 Å². The molecule has 0 saturated heterocycles. The number of hydrogen-bond acceptors (Lipinski definition) is 4. The molecule has 0 fully saturated rings. The molecule has 0 radical (unpaired) electrons. The number of esters is 2. The van der Waals surface area contributed by atoms with E-state index in [-0.39, 0.29) is 17.4 Å². The number of carbonyl (C=O) groups is 2. The highest BCUT2D eigenvalue weighted by atomic mass is 16.6. The first kappa shape index (κ1) is 20.2. The van der Waals surface area contributed by atoms with Crippen LogP contribution in [0.4, 0.5) is 0 Å². The zero-order valence-corrected chi connectivity index (χ0v) is 15.8. The zero-order chi connectivity index (χ0) is 18.4. The molecule has 134 valence electrons. The van der Waals surface area contributed by atoms with Crippen LogP contribution in [0.25, 0.3) is 0 Å². The summed E-state index contributed by atoms with van der Waals surface area (Å²) < 4.78 is 10.7. The lowest BCUT2D eigenvalue weighted by molar-refractivity contribution is -0.00248. The van der Waals surface area contributed by atoms with E-state index in [0.29, 0.717) is 17.7 Å². The van der Waals surface area contributed by atoms with Crippen molar-refractivity contribution in [2.24, 2.45) is 5.41 Å². The molecular weight excluding hydrogens is 304 g/mol. The van der Waals surface area contributed by atoms with Crippen LogP contribution >= 0.6 is 0 Å². The van der Waals surface area contributed by atoms with Gasteiger partial charge in [-0.25, -0.2) is 9.59 Å². The minimum Gasteiger partial charge on any atom is -0.462 e. The molecule has 0 spiro atoms. The van der Waals surface area contributed by atoms with Crippen molar-refractivity contribution in [2.75, 3.05) is 6.61 Å². The summed E-state index contributed by atoms with van der Waals surface area (Å²) in [6.45, 7) is 12.5. The Hall–Kier alpha value is -1.84. The van der Waals surface area contributed by atoms with Gasteiger partial charge in [0.1, 0.15) is 5.60 Å². The summed E-state index contributed by atoms with van der Waals surface area (Å²) >= 11 is 0.